The number of aryl methyl sites for hydroxylation is 1. The highest BCUT2D eigenvalue weighted by molar-refractivity contribution is 7.14. The molecule has 3 rings (SSSR count). The van der Waals surface area contributed by atoms with E-state index in [2.05, 4.69) is 22.2 Å². The lowest BCUT2D eigenvalue weighted by atomic mass is 10.1. The Morgan fingerprint density at radius 1 is 0.968 bits per heavy atom. The molecule has 0 fully saturated rings. The van der Waals surface area contributed by atoms with Crippen molar-refractivity contribution in [3.05, 3.63) is 39.5 Å². The first-order valence-electron chi connectivity index (χ1n) is 10.4. The van der Waals surface area contributed by atoms with E-state index in [-0.39, 0.29) is 12.4 Å². The van der Waals surface area contributed by atoms with Crippen LogP contribution in [0.1, 0.15) is 56.0 Å². The Morgan fingerprint density at radius 3 is 2.39 bits per heavy atom. The van der Waals surface area contributed by atoms with Gasteiger partial charge in [-0.2, -0.15) is 13.2 Å². The maximum atomic E-state index is 13.6. The third-order valence-corrected chi connectivity index (χ3v) is 6.21. The molecule has 9 heteroatoms. The monoisotopic (exact) mass is 469 g/mol. The van der Waals surface area contributed by atoms with Crippen LogP contribution in [0.2, 0.25) is 0 Å². The van der Waals surface area contributed by atoms with E-state index >= 15 is 0 Å². The van der Waals surface area contributed by atoms with Crippen LogP contribution in [-0.2, 0) is 6.18 Å². The Hall–Kier alpha value is -2.13. The van der Waals surface area contributed by atoms with E-state index in [0.717, 1.165) is 42.5 Å². The third kappa shape index (κ3) is 6.93. The van der Waals surface area contributed by atoms with Gasteiger partial charge in [-0.05, 0) is 31.5 Å². The van der Waals surface area contributed by atoms with E-state index in [4.69, 9.17) is 4.74 Å². The van der Waals surface area contributed by atoms with Gasteiger partial charge >= 0.3 is 6.18 Å². The molecule has 1 N–H and O–H groups in total. The van der Waals surface area contributed by atoms with Crippen LogP contribution < -0.4 is 10.1 Å². The van der Waals surface area contributed by atoms with Gasteiger partial charge in [0.15, 0.2) is 5.13 Å². The number of hydrogen-bond acceptors (Lipinski definition) is 6. The fourth-order valence-corrected chi connectivity index (χ4v) is 4.40. The van der Waals surface area contributed by atoms with Crippen molar-refractivity contribution in [1.82, 2.24) is 9.97 Å². The van der Waals surface area contributed by atoms with Crippen molar-refractivity contribution in [2.45, 2.75) is 58.5 Å². The highest BCUT2D eigenvalue weighted by Gasteiger charge is 2.34. The van der Waals surface area contributed by atoms with Gasteiger partial charge in [0.2, 0.25) is 0 Å². The quantitative estimate of drug-likeness (QED) is 0.288. The summed E-state index contributed by atoms with van der Waals surface area (Å²) in [5, 5.41) is 8.15. The molecule has 0 saturated heterocycles. The van der Waals surface area contributed by atoms with Gasteiger partial charge in [0.1, 0.15) is 17.1 Å². The standard InChI is InChI=1S/C22H26F3N3OS2/c1-3-4-5-6-7-8-11-29-20-10-9-16(12-17(20)22(23,24)25)27-21-28-19(14-31-21)18-13-30-15(2)26-18/h9-10,12-14H,3-8,11H2,1-2H3,(H,27,28). The minimum atomic E-state index is -4.50. The summed E-state index contributed by atoms with van der Waals surface area (Å²) in [5.74, 6) is -0.135. The summed E-state index contributed by atoms with van der Waals surface area (Å²) in [5.41, 5.74) is 0.998. The molecule has 3 aromatic rings. The first-order valence-corrected chi connectivity index (χ1v) is 12.1. The lowest BCUT2D eigenvalue weighted by Crippen LogP contribution is -2.10. The molecular weight excluding hydrogens is 443 g/mol. The molecule has 0 aliphatic carbocycles. The lowest BCUT2D eigenvalue weighted by molar-refractivity contribution is -0.138. The summed E-state index contributed by atoms with van der Waals surface area (Å²) >= 11 is 2.85. The number of nitrogens with zero attached hydrogens (tertiary/aromatic N) is 2. The van der Waals surface area contributed by atoms with E-state index in [1.165, 1.54) is 41.6 Å². The van der Waals surface area contributed by atoms with Crippen LogP contribution in [0.3, 0.4) is 0 Å². The first kappa shape index (κ1) is 23.5. The van der Waals surface area contributed by atoms with Crippen molar-refractivity contribution in [3.63, 3.8) is 0 Å². The molecule has 0 amide bonds. The lowest BCUT2D eigenvalue weighted by Gasteiger charge is -2.15. The number of unbranched alkanes of at least 4 members (excludes halogenated alkanes) is 5. The predicted octanol–water partition coefficient (Wildman–Crippen LogP) is 8.08. The second-order valence-electron chi connectivity index (χ2n) is 7.24. The van der Waals surface area contributed by atoms with Crippen molar-refractivity contribution in [3.8, 4) is 17.1 Å². The number of halogens is 3. The number of ether oxygens (including phenoxy) is 1. The van der Waals surface area contributed by atoms with Crippen LogP contribution in [0.15, 0.2) is 29.0 Å². The average Bonchev–Trinajstić information content (AvgIpc) is 3.36. The topological polar surface area (TPSA) is 47.0 Å². The summed E-state index contributed by atoms with van der Waals surface area (Å²) in [6, 6.07) is 4.03. The fraction of sp³-hybridized carbons (Fsp3) is 0.455. The van der Waals surface area contributed by atoms with Gasteiger partial charge in [0.05, 0.1) is 17.2 Å². The van der Waals surface area contributed by atoms with Gasteiger partial charge in [-0.25, -0.2) is 9.97 Å². The summed E-state index contributed by atoms with van der Waals surface area (Å²) in [6.45, 7) is 4.34. The second-order valence-corrected chi connectivity index (χ2v) is 9.16. The van der Waals surface area contributed by atoms with E-state index in [9.17, 15) is 13.2 Å². The molecule has 0 spiro atoms. The molecule has 0 unspecified atom stereocenters. The van der Waals surface area contributed by atoms with Gasteiger partial charge in [-0.3, -0.25) is 0 Å². The predicted molar refractivity (Wildman–Crippen MR) is 122 cm³/mol. The van der Waals surface area contributed by atoms with E-state index in [0.29, 0.717) is 16.5 Å². The van der Waals surface area contributed by atoms with Gasteiger partial charge < -0.3 is 10.1 Å². The molecule has 31 heavy (non-hydrogen) atoms. The van der Waals surface area contributed by atoms with Gasteiger partial charge in [-0.1, -0.05) is 39.0 Å². The molecule has 2 heterocycles. The molecule has 2 aromatic heterocycles. The third-order valence-electron chi connectivity index (χ3n) is 4.68. The van der Waals surface area contributed by atoms with Crippen molar-refractivity contribution >= 4 is 33.5 Å². The molecule has 168 valence electrons. The minimum Gasteiger partial charge on any atom is -0.493 e. The largest absolute Gasteiger partial charge is 0.493 e. The molecule has 4 nitrogen and oxygen atoms in total. The Kier molecular flexibility index (Phi) is 8.31. The van der Waals surface area contributed by atoms with Crippen LogP contribution >= 0.6 is 22.7 Å². The molecule has 1 aromatic carbocycles. The summed E-state index contributed by atoms with van der Waals surface area (Å²) in [6.07, 6.45) is 1.81. The Morgan fingerprint density at radius 2 is 1.68 bits per heavy atom. The van der Waals surface area contributed by atoms with Crippen molar-refractivity contribution in [2.24, 2.45) is 0 Å². The number of alkyl halides is 3. The first-order chi connectivity index (χ1) is 14.9. The summed E-state index contributed by atoms with van der Waals surface area (Å²) in [7, 11) is 0. The highest BCUT2D eigenvalue weighted by atomic mass is 32.1. The van der Waals surface area contributed by atoms with Gasteiger partial charge in [-0.15, -0.1) is 22.7 Å². The van der Waals surface area contributed by atoms with Crippen LogP contribution in [0.4, 0.5) is 24.0 Å². The van der Waals surface area contributed by atoms with Crippen LogP contribution in [0.5, 0.6) is 5.75 Å². The number of rotatable bonds is 11. The van der Waals surface area contributed by atoms with E-state index in [1.54, 1.807) is 6.07 Å². The SMILES string of the molecule is CCCCCCCCOc1ccc(Nc2nc(-c3csc(C)n3)cs2)cc1C(F)(F)F. The molecule has 0 atom stereocenters. The Balaban J connectivity index is 1.64. The number of aromatic nitrogens is 2. The second kappa shape index (κ2) is 10.9. The van der Waals surface area contributed by atoms with Crippen LogP contribution in [-0.4, -0.2) is 16.6 Å². The zero-order valence-corrected chi connectivity index (χ0v) is 19.2. The Labute approximate surface area is 188 Å². The van der Waals surface area contributed by atoms with E-state index < -0.39 is 11.7 Å². The number of nitrogens with one attached hydrogen (secondary N) is 1. The fourth-order valence-electron chi connectivity index (χ4n) is 3.07. The summed E-state index contributed by atoms with van der Waals surface area (Å²) in [4.78, 5) is 8.82. The smallest absolute Gasteiger partial charge is 0.420 e. The molecule has 0 saturated carbocycles. The van der Waals surface area contributed by atoms with Crippen LogP contribution in [0.25, 0.3) is 11.4 Å². The van der Waals surface area contributed by atoms with Crippen molar-refractivity contribution < 1.29 is 17.9 Å². The molecule has 0 aliphatic rings. The van der Waals surface area contributed by atoms with Crippen molar-refractivity contribution in [2.75, 3.05) is 11.9 Å². The van der Waals surface area contributed by atoms with Crippen LogP contribution in [0, 0.1) is 6.92 Å². The highest BCUT2D eigenvalue weighted by Crippen LogP contribution is 2.39. The molecular formula is C22H26F3N3OS2. The zero-order chi connectivity index (χ0) is 22.3. The van der Waals surface area contributed by atoms with Crippen molar-refractivity contribution in [1.29, 1.82) is 0 Å². The number of anilines is 2. The Bertz CT molecular complexity index is 969. The molecule has 0 aliphatic heterocycles. The number of hydrogen-bond donors (Lipinski definition) is 1. The molecule has 0 radical (unpaired) electrons. The maximum Gasteiger partial charge on any atom is 0.420 e. The summed E-state index contributed by atoms with van der Waals surface area (Å²) < 4.78 is 46.2. The zero-order valence-electron chi connectivity index (χ0n) is 17.6. The molecule has 0 bridgehead atoms. The van der Waals surface area contributed by atoms with Gasteiger partial charge in [0.25, 0.3) is 0 Å². The van der Waals surface area contributed by atoms with E-state index in [1.807, 2.05) is 17.7 Å². The normalized spacial score (nSPS) is 11.6. The average molecular weight is 470 g/mol. The maximum absolute atomic E-state index is 13.6. The number of thiazole rings is 2. The minimum absolute atomic E-state index is 0.135. The van der Waals surface area contributed by atoms with Gasteiger partial charge in [0, 0.05) is 16.4 Å². The number of benzene rings is 1.